The monoisotopic (exact) mass is 290 g/mol. The normalized spacial score (nSPS) is 16.6. The predicted molar refractivity (Wildman–Crippen MR) is 75.3 cm³/mol. The largest absolute Gasteiger partial charge is 0.316 e. The second-order valence-corrected chi connectivity index (χ2v) is 5.51. The molecule has 0 bridgehead atoms. The van der Waals surface area contributed by atoms with Crippen molar-refractivity contribution in [3.05, 3.63) is 5.01 Å². The number of hydrogen-bond acceptors (Lipinski definition) is 5. The van der Waals surface area contributed by atoms with Gasteiger partial charge in [-0.15, -0.1) is 22.6 Å². The second kappa shape index (κ2) is 7.01. The summed E-state index contributed by atoms with van der Waals surface area (Å²) in [6, 6.07) is 0. The van der Waals surface area contributed by atoms with E-state index in [4.69, 9.17) is 0 Å². The molecule has 0 aliphatic carbocycles. The number of anilines is 1. The van der Waals surface area contributed by atoms with E-state index in [0.29, 0.717) is 11.0 Å². The SMILES string of the molecule is CCCc1nnc(NC(=O)C(C)C2CNC2)s1.Cl. The molecule has 0 spiro atoms. The number of nitrogens with zero attached hydrogens (tertiary/aromatic N) is 2. The number of halogens is 1. The number of aromatic nitrogens is 2. The van der Waals surface area contributed by atoms with Crippen LogP contribution in [0.15, 0.2) is 0 Å². The molecule has 1 atom stereocenters. The van der Waals surface area contributed by atoms with Crippen LogP contribution in [0.2, 0.25) is 0 Å². The van der Waals surface area contributed by atoms with E-state index < -0.39 is 0 Å². The van der Waals surface area contributed by atoms with Crippen LogP contribution in [0.1, 0.15) is 25.3 Å². The van der Waals surface area contributed by atoms with Crippen LogP contribution >= 0.6 is 23.7 Å². The van der Waals surface area contributed by atoms with E-state index in [9.17, 15) is 4.79 Å². The first-order valence-electron chi connectivity index (χ1n) is 6.04. The summed E-state index contributed by atoms with van der Waals surface area (Å²) in [5.74, 6) is 0.545. The van der Waals surface area contributed by atoms with Gasteiger partial charge < -0.3 is 10.6 Å². The van der Waals surface area contributed by atoms with E-state index in [1.54, 1.807) is 0 Å². The van der Waals surface area contributed by atoms with Gasteiger partial charge in [-0.1, -0.05) is 25.2 Å². The highest BCUT2D eigenvalue weighted by Gasteiger charge is 2.29. The van der Waals surface area contributed by atoms with Crippen molar-refractivity contribution in [3.63, 3.8) is 0 Å². The minimum atomic E-state index is 0. The van der Waals surface area contributed by atoms with Crippen molar-refractivity contribution in [2.24, 2.45) is 11.8 Å². The number of hydrogen-bond donors (Lipinski definition) is 2. The van der Waals surface area contributed by atoms with Crippen LogP contribution in [0, 0.1) is 11.8 Å². The number of rotatable bonds is 5. The lowest BCUT2D eigenvalue weighted by atomic mass is 9.88. The molecule has 18 heavy (non-hydrogen) atoms. The summed E-state index contributed by atoms with van der Waals surface area (Å²) in [5.41, 5.74) is 0. The zero-order valence-corrected chi connectivity index (χ0v) is 12.2. The Hall–Kier alpha value is -0.720. The fourth-order valence-corrected chi connectivity index (χ4v) is 2.56. The first-order valence-corrected chi connectivity index (χ1v) is 6.86. The van der Waals surface area contributed by atoms with Crippen molar-refractivity contribution < 1.29 is 4.79 Å². The number of carbonyl (C=O) groups excluding carboxylic acids is 1. The number of amides is 1. The van der Waals surface area contributed by atoms with Crippen molar-refractivity contribution in [1.29, 1.82) is 0 Å². The molecule has 1 unspecified atom stereocenters. The second-order valence-electron chi connectivity index (χ2n) is 4.45. The van der Waals surface area contributed by atoms with Crippen molar-refractivity contribution >= 4 is 34.8 Å². The van der Waals surface area contributed by atoms with Gasteiger partial charge in [0.25, 0.3) is 0 Å². The van der Waals surface area contributed by atoms with Gasteiger partial charge >= 0.3 is 0 Å². The predicted octanol–water partition coefficient (Wildman–Crippen LogP) is 1.71. The van der Waals surface area contributed by atoms with Gasteiger partial charge in [0.05, 0.1) is 0 Å². The molecule has 2 heterocycles. The molecular formula is C11H19ClN4OS. The molecular weight excluding hydrogens is 272 g/mol. The van der Waals surface area contributed by atoms with Crippen molar-refractivity contribution in [2.45, 2.75) is 26.7 Å². The molecule has 1 fully saturated rings. The first kappa shape index (κ1) is 15.3. The third kappa shape index (κ3) is 3.63. The molecule has 2 N–H and O–H groups in total. The smallest absolute Gasteiger partial charge is 0.229 e. The zero-order chi connectivity index (χ0) is 12.3. The maximum Gasteiger partial charge on any atom is 0.229 e. The molecule has 102 valence electrons. The zero-order valence-electron chi connectivity index (χ0n) is 10.6. The van der Waals surface area contributed by atoms with Crippen molar-refractivity contribution in [1.82, 2.24) is 15.5 Å². The van der Waals surface area contributed by atoms with Crippen LogP contribution in [0.4, 0.5) is 5.13 Å². The fraction of sp³-hybridized carbons (Fsp3) is 0.727. The molecule has 0 aromatic carbocycles. The molecule has 2 rings (SSSR count). The highest BCUT2D eigenvalue weighted by atomic mass is 35.5. The minimum absolute atomic E-state index is 0. The quantitative estimate of drug-likeness (QED) is 0.866. The molecule has 1 aliphatic rings. The van der Waals surface area contributed by atoms with Gasteiger partial charge in [0.2, 0.25) is 11.0 Å². The van der Waals surface area contributed by atoms with Gasteiger partial charge in [0, 0.05) is 12.3 Å². The fourth-order valence-electron chi connectivity index (χ4n) is 1.72. The molecule has 1 aromatic rings. The summed E-state index contributed by atoms with van der Waals surface area (Å²) >= 11 is 1.47. The highest BCUT2D eigenvalue weighted by molar-refractivity contribution is 7.15. The van der Waals surface area contributed by atoms with Crippen molar-refractivity contribution in [3.8, 4) is 0 Å². The molecule has 1 aliphatic heterocycles. The Morgan fingerprint density at radius 1 is 1.56 bits per heavy atom. The summed E-state index contributed by atoms with van der Waals surface area (Å²) in [5, 5.41) is 15.7. The maximum absolute atomic E-state index is 11.9. The number of nitrogens with one attached hydrogen (secondary N) is 2. The molecule has 1 amide bonds. The molecule has 1 saturated heterocycles. The van der Waals surface area contributed by atoms with E-state index in [1.165, 1.54) is 11.3 Å². The summed E-state index contributed by atoms with van der Waals surface area (Å²) in [7, 11) is 0. The lowest BCUT2D eigenvalue weighted by Crippen LogP contribution is -2.48. The minimum Gasteiger partial charge on any atom is -0.316 e. The van der Waals surface area contributed by atoms with Gasteiger partial charge in [0.1, 0.15) is 5.01 Å². The molecule has 0 radical (unpaired) electrons. The Morgan fingerprint density at radius 3 is 2.83 bits per heavy atom. The lowest BCUT2D eigenvalue weighted by Gasteiger charge is -2.31. The van der Waals surface area contributed by atoms with E-state index >= 15 is 0 Å². The van der Waals surface area contributed by atoms with Gasteiger partial charge in [-0.05, 0) is 25.4 Å². The molecule has 1 aromatic heterocycles. The van der Waals surface area contributed by atoms with Crippen LogP contribution in [0.3, 0.4) is 0 Å². The topological polar surface area (TPSA) is 66.9 Å². The van der Waals surface area contributed by atoms with E-state index in [2.05, 4.69) is 27.8 Å². The summed E-state index contributed by atoms with van der Waals surface area (Å²) in [6.07, 6.45) is 1.97. The van der Waals surface area contributed by atoms with Crippen LogP contribution in [0.25, 0.3) is 0 Å². The van der Waals surface area contributed by atoms with E-state index in [1.807, 2.05) is 6.92 Å². The third-order valence-corrected chi connectivity index (χ3v) is 3.99. The Morgan fingerprint density at radius 2 is 2.28 bits per heavy atom. The Bertz CT molecular complexity index is 394. The summed E-state index contributed by atoms with van der Waals surface area (Å²) < 4.78 is 0. The van der Waals surface area contributed by atoms with Crippen molar-refractivity contribution in [2.75, 3.05) is 18.4 Å². The number of aryl methyl sites for hydroxylation is 1. The molecule has 0 saturated carbocycles. The van der Waals surface area contributed by atoms with E-state index in [0.717, 1.165) is 30.9 Å². The van der Waals surface area contributed by atoms with Gasteiger partial charge in [-0.3, -0.25) is 4.79 Å². The Labute approximate surface area is 117 Å². The first-order chi connectivity index (χ1) is 8.20. The third-order valence-electron chi connectivity index (χ3n) is 3.09. The number of carbonyl (C=O) groups is 1. The lowest BCUT2D eigenvalue weighted by molar-refractivity contribution is -0.121. The average Bonchev–Trinajstić information content (AvgIpc) is 2.63. The standard InChI is InChI=1S/C11H18N4OS.ClH/c1-3-4-9-14-15-11(17-9)13-10(16)7(2)8-5-12-6-8;/h7-8,12H,3-6H2,1-2H3,(H,13,15,16);1H. The highest BCUT2D eigenvalue weighted by Crippen LogP contribution is 2.20. The van der Waals surface area contributed by atoms with Gasteiger partial charge in [-0.2, -0.15) is 0 Å². The van der Waals surface area contributed by atoms with E-state index in [-0.39, 0.29) is 24.2 Å². The average molecular weight is 291 g/mol. The molecule has 5 nitrogen and oxygen atoms in total. The van der Waals surface area contributed by atoms with Gasteiger partial charge in [0.15, 0.2) is 0 Å². The Kier molecular flexibility index (Phi) is 5.98. The van der Waals surface area contributed by atoms with Crippen LogP contribution in [0.5, 0.6) is 0 Å². The Balaban J connectivity index is 0.00000162. The maximum atomic E-state index is 11.9. The van der Waals surface area contributed by atoms with Gasteiger partial charge in [-0.25, -0.2) is 0 Å². The van der Waals surface area contributed by atoms with Crippen LogP contribution < -0.4 is 10.6 Å². The van der Waals surface area contributed by atoms with Crippen LogP contribution in [-0.2, 0) is 11.2 Å². The summed E-state index contributed by atoms with van der Waals surface area (Å²) in [6.45, 7) is 5.94. The molecule has 7 heteroatoms. The summed E-state index contributed by atoms with van der Waals surface area (Å²) in [4.78, 5) is 11.9. The van der Waals surface area contributed by atoms with Crippen LogP contribution in [-0.4, -0.2) is 29.2 Å².